The summed E-state index contributed by atoms with van der Waals surface area (Å²) in [5, 5.41) is 6.49. The van der Waals surface area contributed by atoms with Crippen molar-refractivity contribution in [3.05, 3.63) is 65.1 Å². The molecule has 8 heteroatoms. The fourth-order valence-corrected chi connectivity index (χ4v) is 2.95. The highest BCUT2D eigenvalue weighted by Gasteiger charge is 2.15. The second-order valence-corrected chi connectivity index (χ2v) is 6.51. The number of anilines is 3. The third kappa shape index (κ3) is 3.99. The first-order valence-corrected chi connectivity index (χ1v) is 9.04. The number of nitrogens with zero attached hydrogens (tertiary/aromatic N) is 2. The molecule has 0 unspecified atom stereocenters. The number of fused-ring (bicyclic) bond motifs is 1. The van der Waals surface area contributed by atoms with Gasteiger partial charge in [-0.05, 0) is 31.2 Å². The molecule has 0 spiro atoms. The number of aryl methyl sites for hydroxylation is 1. The Morgan fingerprint density at radius 2 is 1.82 bits per heavy atom. The first-order valence-electron chi connectivity index (χ1n) is 8.67. The number of carbonyl (C=O) groups excluding carboxylic acids is 1. The Morgan fingerprint density at radius 3 is 2.64 bits per heavy atom. The summed E-state index contributed by atoms with van der Waals surface area (Å²) in [6, 6.07) is 14.1. The van der Waals surface area contributed by atoms with Gasteiger partial charge in [0.2, 0.25) is 0 Å². The molecule has 4 rings (SSSR count). The van der Waals surface area contributed by atoms with Crippen LogP contribution in [0, 0.1) is 6.92 Å². The molecule has 2 heterocycles. The molecular weight excluding hydrogens is 380 g/mol. The van der Waals surface area contributed by atoms with Crippen molar-refractivity contribution in [2.45, 2.75) is 6.92 Å². The van der Waals surface area contributed by atoms with E-state index in [1.807, 2.05) is 18.2 Å². The predicted octanol–water partition coefficient (Wildman–Crippen LogP) is 4.21. The second-order valence-electron chi connectivity index (χ2n) is 6.10. The van der Waals surface area contributed by atoms with Gasteiger partial charge in [-0.3, -0.25) is 4.79 Å². The first-order chi connectivity index (χ1) is 13.6. The van der Waals surface area contributed by atoms with Gasteiger partial charge in [0.1, 0.15) is 30.5 Å². The summed E-state index contributed by atoms with van der Waals surface area (Å²) in [6.45, 7) is 2.71. The normalized spacial score (nSPS) is 12.4. The minimum atomic E-state index is -0.357. The summed E-state index contributed by atoms with van der Waals surface area (Å²) in [5.74, 6) is 1.85. The molecule has 2 aromatic carbocycles. The summed E-state index contributed by atoms with van der Waals surface area (Å²) in [7, 11) is 0. The van der Waals surface area contributed by atoms with E-state index in [1.54, 1.807) is 37.3 Å². The van der Waals surface area contributed by atoms with Crippen molar-refractivity contribution in [1.29, 1.82) is 0 Å². The SMILES string of the molecule is Cc1nc(Nc2ccccc2Cl)cc(C(=O)Nc2ccc3c(c2)OCCO3)n1. The number of rotatable bonds is 4. The summed E-state index contributed by atoms with van der Waals surface area (Å²) in [4.78, 5) is 21.2. The number of aromatic nitrogens is 2. The summed E-state index contributed by atoms with van der Waals surface area (Å²) >= 11 is 6.17. The molecule has 2 N–H and O–H groups in total. The monoisotopic (exact) mass is 396 g/mol. The average Bonchev–Trinajstić information content (AvgIpc) is 2.69. The lowest BCUT2D eigenvalue weighted by Gasteiger charge is -2.19. The maximum absolute atomic E-state index is 12.7. The number of amides is 1. The van der Waals surface area contributed by atoms with E-state index in [0.29, 0.717) is 52.8 Å². The molecular formula is C20H17ClN4O3. The fraction of sp³-hybridized carbons (Fsp3) is 0.150. The van der Waals surface area contributed by atoms with Crippen LogP contribution in [0.1, 0.15) is 16.3 Å². The van der Waals surface area contributed by atoms with Crippen molar-refractivity contribution >= 4 is 34.7 Å². The fourth-order valence-electron chi connectivity index (χ4n) is 2.76. The Morgan fingerprint density at radius 1 is 1.04 bits per heavy atom. The highest BCUT2D eigenvalue weighted by atomic mass is 35.5. The van der Waals surface area contributed by atoms with Gasteiger partial charge in [-0.25, -0.2) is 9.97 Å². The number of carbonyl (C=O) groups is 1. The molecule has 0 fully saturated rings. The van der Waals surface area contributed by atoms with E-state index in [4.69, 9.17) is 21.1 Å². The van der Waals surface area contributed by atoms with Gasteiger partial charge in [-0.1, -0.05) is 23.7 Å². The standard InChI is InChI=1S/C20H17ClN4O3/c1-12-22-16(11-19(23-12)25-15-5-3-2-4-14(15)21)20(26)24-13-6-7-17-18(10-13)28-9-8-27-17/h2-7,10-11H,8-9H2,1H3,(H,24,26)(H,22,23,25). The molecule has 0 bridgehead atoms. The van der Waals surface area contributed by atoms with Gasteiger partial charge in [0.25, 0.3) is 5.91 Å². The van der Waals surface area contributed by atoms with Crippen LogP contribution in [0.4, 0.5) is 17.2 Å². The van der Waals surface area contributed by atoms with Crippen molar-refractivity contribution in [3.8, 4) is 11.5 Å². The Bertz CT molecular complexity index is 1040. The quantitative estimate of drug-likeness (QED) is 0.687. The van der Waals surface area contributed by atoms with Crippen molar-refractivity contribution in [1.82, 2.24) is 9.97 Å². The van der Waals surface area contributed by atoms with Gasteiger partial charge in [0, 0.05) is 17.8 Å². The summed E-state index contributed by atoms with van der Waals surface area (Å²) in [6.07, 6.45) is 0. The zero-order valence-electron chi connectivity index (χ0n) is 15.0. The Hall–Kier alpha value is -3.32. The van der Waals surface area contributed by atoms with Crippen LogP contribution in [-0.4, -0.2) is 29.1 Å². The van der Waals surface area contributed by atoms with Gasteiger partial charge in [0.15, 0.2) is 11.5 Å². The van der Waals surface area contributed by atoms with E-state index >= 15 is 0 Å². The lowest BCUT2D eigenvalue weighted by Crippen LogP contribution is -2.17. The third-order valence-corrected chi connectivity index (χ3v) is 4.34. The van der Waals surface area contributed by atoms with Gasteiger partial charge in [-0.2, -0.15) is 0 Å². The van der Waals surface area contributed by atoms with Gasteiger partial charge in [-0.15, -0.1) is 0 Å². The molecule has 0 aliphatic carbocycles. The van der Waals surface area contributed by atoms with E-state index in [2.05, 4.69) is 20.6 Å². The zero-order chi connectivity index (χ0) is 19.5. The Kier molecular flexibility index (Phi) is 4.99. The van der Waals surface area contributed by atoms with Crippen LogP contribution < -0.4 is 20.1 Å². The van der Waals surface area contributed by atoms with Gasteiger partial charge >= 0.3 is 0 Å². The molecule has 142 valence electrons. The molecule has 1 aliphatic rings. The minimum absolute atomic E-state index is 0.233. The number of halogens is 1. The van der Waals surface area contributed by atoms with E-state index in [0.717, 1.165) is 0 Å². The molecule has 0 saturated heterocycles. The van der Waals surface area contributed by atoms with Crippen LogP contribution in [-0.2, 0) is 0 Å². The molecule has 7 nitrogen and oxygen atoms in total. The Balaban J connectivity index is 1.54. The van der Waals surface area contributed by atoms with Crippen LogP contribution in [0.2, 0.25) is 5.02 Å². The summed E-state index contributed by atoms with van der Waals surface area (Å²) < 4.78 is 11.0. The number of nitrogens with one attached hydrogen (secondary N) is 2. The Labute approximate surface area is 166 Å². The zero-order valence-corrected chi connectivity index (χ0v) is 15.8. The van der Waals surface area contributed by atoms with Crippen LogP contribution in [0.25, 0.3) is 0 Å². The van der Waals surface area contributed by atoms with E-state index < -0.39 is 0 Å². The van der Waals surface area contributed by atoms with Crippen molar-refractivity contribution in [2.24, 2.45) is 0 Å². The molecule has 0 atom stereocenters. The van der Waals surface area contributed by atoms with Gasteiger partial charge < -0.3 is 20.1 Å². The van der Waals surface area contributed by atoms with Crippen molar-refractivity contribution in [3.63, 3.8) is 0 Å². The lowest BCUT2D eigenvalue weighted by molar-refractivity contribution is 0.102. The van der Waals surface area contributed by atoms with Crippen molar-refractivity contribution < 1.29 is 14.3 Å². The van der Waals surface area contributed by atoms with E-state index in [9.17, 15) is 4.79 Å². The van der Waals surface area contributed by atoms with Crippen LogP contribution in [0.5, 0.6) is 11.5 Å². The number of benzene rings is 2. The van der Waals surface area contributed by atoms with Crippen molar-refractivity contribution in [2.75, 3.05) is 23.8 Å². The maximum Gasteiger partial charge on any atom is 0.274 e. The highest BCUT2D eigenvalue weighted by Crippen LogP contribution is 2.32. The average molecular weight is 397 g/mol. The maximum atomic E-state index is 12.7. The molecule has 1 aromatic heterocycles. The van der Waals surface area contributed by atoms with Crippen LogP contribution in [0.15, 0.2) is 48.5 Å². The molecule has 1 aliphatic heterocycles. The highest BCUT2D eigenvalue weighted by molar-refractivity contribution is 6.33. The topological polar surface area (TPSA) is 85.4 Å². The number of para-hydroxylation sites is 1. The number of ether oxygens (including phenoxy) is 2. The largest absolute Gasteiger partial charge is 0.486 e. The lowest BCUT2D eigenvalue weighted by atomic mass is 10.2. The van der Waals surface area contributed by atoms with Gasteiger partial charge in [0.05, 0.1) is 10.7 Å². The molecule has 3 aromatic rings. The number of hydrogen-bond acceptors (Lipinski definition) is 6. The molecule has 28 heavy (non-hydrogen) atoms. The number of hydrogen-bond donors (Lipinski definition) is 2. The summed E-state index contributed by atoms with van der Waals surface area (Å²) in [5.41, 5.74) is 1.52. The van der Waals surface area contributed by atoms with Crippen LogP contribution >= 0.6 is 11.6 Å². The smallest absolute Gasteiger partial charge is 0.274 e. The second kappa shape index (κ2) is 7.74. The van der Waals surface area contributed by atoms with Crippen LogP contribution in [0.3, 0.4) is 0 Å². The third-order valence-electron chi connectivity index (χ3n) is 4.01. The predicted molar refractivity (Wildman–Crippen MR) is 107 cm³/mol. The minimum Gasteiger partial charge on any atom is -0.486 e. The molecule has 0 saturated carbocycles. The molecule has 0 radical (unpaired) electrons. The van der Waals surface area contributed by atoms with E-state index in [-0.39, 0.29) is 11.6 Å². The first kappa shape index (κ1) is 18.1. The van der Waals surface area contributed by atoms with E-state index in [1.165, 1.54) is 0 Å². The molecule has 1 amide bonds.